The molecule has 0 aromatic heterocycles. The normalized spacial score (nSPS) is 27.7. The molecule has 3 nitrogen and oxygen atoms in total. The Hall–Kier alpha value is -1.35. The van der Waals surface area contributed by atoms with Crippen LogP contribution in [0.1, 0.15) is 39.2 Å². The van der Waals surface area contributed by atoms with Gasteiger partial charge in [-0.15, -0.1) is 0 Å². The van der Waals surface area contributed by atoms with E-state index in [2.05, 4.69) is 43.1 Å². The number of benzene rings is 1. The molecule has 1 saturated carbocycles. The number of nitrogens with zero attached hydrogens (tertiary/aromatic N) is 1. The van der Waals surface area contributed by atoms with Crippen molar-refractivity contribution in [3.05, 3.63) is 35.9 Å². The lowest BCUT2D eigenvalue weighted by Crippen LogP contribution is -2.61. The summed E-state index contributed by atoms with van der Waals surface area (Å²) < 4.78 is 0. The van der Waals surface area contributed by atoms with E-state index in [0.29, 0.717) is 23.9 Å². The molecule has 1 aromatic rings. The molecule has 2 unspecified atom stereocenters. The van der Waals surface area contributed by atoms with E-state index in [4.69, 9.17) is 0 Å². The molecule has 2 aliphatic rings. The molecule has 114 valence electrons. The molecule has 1 aliphatic carbocycles. The van der Waals surface area contributed by atoms with Crippen molar-refractivity contribution < 1.29 is 4.79 Å². The molecule has 1 saturated heterocycles. The minimum absolute atomic E-state index is 0.231. The van der Waals surface area contributed by atoms with Crippen molar-refractivity contribution in [2.24, 2.45) is 5.92 Å². The van der Waals surface area contributed by atoms with Crippen molar-refractivity contribution in [3.63, 3.8) is 0 Å². The largest absolute Gasteiger partial charge is 0.336 e. The average Bonchev–Trinajstić information content (AvgIpc) is 3.28. The number of nitrogens with one attached hydrogen (secondary N) is 1. The van der Waals surface area contributed by atoms with E-state index < -0.39 is 0 Å². The van der Waals surface area contributed by atoms with Crippen LogP contribution in [0.3, 0.4) is 0 Å². The van der Waals surface area contributed by atoms with Crippen molar-refractivity contribution in [1.29, 1.82) is 0 Å². The standard InChI is InChI=1S/C18H26N2O/c1-13(2)16-11-19-14(3)12-20(16)17(21)18(9-10-18)15-7-5-4-6-8-15/h4-8,13-14,16,19H,9-12H2,1-3H3. The number of carbonyl (C=O) groups excluding carboxylic acids is 1. The van der Waals surface area contributed by atoms with Crippen LogP contribution in [0.25, 0.3) is 0 Å². The first-order valence-electron chi connectivity index (χ1n) is 8.14. The molecule has 0 spiro atoms. The molecule has 21 heavy (non-hydrogen) atoms. The van der Waals surface area contributed by atoms with Gasteiger partial charge in [0.1, 0.15) is 0 Å². The molecule has 1 heterocycles. The Bertz CT molecular complexity index is 507. The number of hydrogen-bond acceptors (Lipinski definition) is 2. The van der Waals surface area contributed by atoms with Gasteiger partial charge in [0, 0.05) is 25.2 Å². The highest BCUT2D eigenvalue weighted by molar-refractivity contribution is 5.91. The third-order valence-electron chi connectivity index (χ3n) is 5.06. The van der Waals surface area contributed by atoms with E-state index in [-0.39, 0.29) is 5.41 Å². The van der Waals surface area contributed by atoms with Crippen LogP contribution < -0.4 is 5.32 Å². The van der Waals surface area contributed by atoms with Crippen LogP contribution in [-0.4, -0.2) is 36.0 Å². The van der Waals surface area contributed by atoms with Gasteiger partial charge in [-0.1, -0.05) is 44.2 Å². The molecule has 0 bridgehead atoms. The Kier molecular flexibility index (Phi) is 3.78. The Morgan fingerprint density at radius 2 is 1.95 bits per heavy atom. The van der Waals surface area contributed by atoms with Gasteiger partial charge < -0.3 is 10.2 Å². The van der Waals surface area contributed by atoms with E-state index >= 15 is 0 Å². The number of rotatable bonds is 3. The monoisotopic (exact) mass is 286 g/mol. The number of piperazine rings is 1. The Balaban J connectivity index is 1.86. The van der Waals surface area contributed by atoms with Crippen LogP contribution in [0.5, 0.6) is 0 Å². The summed E-state index contributed by atoms with van der Waals surface area (Å²) in [5.41, 5.74) is 0.967. The molecule has 3 heteroatoms. The summed E-state index contributed by atoms with van der Waals surface area (Å²) in [5.74, 6) is 0.835. The first kappa shape index (κ1) is 14.6. The van der Waals surface area contributed by atoms with Crippen LogP contribution in [0.15, 0.2) is 30.3 Å². The predicted molar refractivity (Wildman–Crippen MR) is 85.2 cm³/mol. The van der Waals surface area contributed by atoms with Gasteiger partial charge in [0.2, 0.25) is 5.91 Å². The molecule has 1 amide bonds. The third-order valence-corrected chi connectivity index (χ3v) is 5.06. The minimum atomic E-state index is -0.231. The van der Waals surface area contributed by atoms with Crippen molar-refractivity contribution in [2.75, 3.05) is 13.1 Å². The van der Waals surface area contributed by atoms with Crippen LogP contribution in [0.2, 0.25) is 0 Å². The zero-order valence-corrected chi connectivity index (χ0v) is 13.3. The lowest BCUT2D eigenvalue weighted by atomic mass is 9.91. The molecule has 2 atom stereocenters. The van der Waals surface area contributed by atoms with Gasteiger partial charge >= 0.3 is 0 Å². The molecular weight excluding hydrogens is 260 g/mol. The van der Waals surface area contributed by atoms with Crippen molar-refractivity contribution in [2.45, 2.75) is 51.1 Å². The topological polar surface area (TPSA) is 32.3 Å². The predicted octanol–water partition coefficient (Wildman–Crippen LogP) is 2.56. The highest BCUT2D eigenvalue weighted by Crippen LogP contribution is 2.50. The fourth-order valence-electron chi connectivity index (χ4n) is 3.54. The fraction of sp³-hybridized carbons (Fsp3) is 0.611. The van der Waals surface area contributed by atoms with Gasteiger partial charge in [-0.05, 0) is 31.2 Å². The second kappa shape index (κ2) is 5.45. The van der Waals surface area contributed by atoms with Crippen LogP contribution >= 0.6 is 0 Å². The van der Waals surface area contributed by atoms with Crippen molar-refractivity contribution in [1.82, 2.24) is 10.2 Å². The van der Waals surface area contributed by atoms with Gasteiger partial charge in [-0.25, -0.2) is 0 Å². The lowest BCUT2D eigenvalue weighted by molar-refractivity contribution is -0.139. The van der Waals surface area contributed by atoms with E-state index in [1.807, 2.05) is 18.2 Å². The third kappa shape index (κ3) is 2.59. The molecule has 1 aromatic carbocycles. The summed E-state index contributed by atoms with van der Waals surface area (Å²) in [4.78, 5) is 15.4. The first-order chi connectivity index (χ1) is 10.0. The van der Waals surface area contributed by atoms with Gasteiger partial charge in [-0.2, -0.15) is 0 Å². The Morgan fingerprint density at radius 1 is 1.29 bits per heavy atom. The fourth-order valence-corrected chi connectivity index (χ4v) is 3.54. The maximum atomic E-state index is 13.2. The van der Waals surface area contributed by atoms with Gasteiger partial charge in [-0.3, -0.25) is 4.79 Å². The van der Waals surface area contributed by atoms with Gasteiger partial charge in [0.05, 0.1) is 5.41 Å². The lowest BCUT2D eigenvalue weighted by Gasteiger charge is -2.43. The summed E-state index contributed by atoms with van der Waals surface area (Å²) >= 11 is 0. The summed E-state index contributed by atoms with van der Waals surface area (Å²) in [7, 11) is 0. The van der Waals surface area contributed by atoms with Crippen LogP contribution in [0.4, 0.5) is 0 Å². The van der Waals surface area contributed by atoms with E-state index in [1.165, 1.54) is 5.56 Å². The molecule has 1 N–H and O–H groups in total. The van der Waals surface area contributed by atoms with Crippen molar-refractivity contribution >= 4 is 5.91 Å². The number of hydrogen-bond donors (Lipinski definition) is 1. The molecule has 3 rings (SSSR count). The zero-order chi connectivity index (χ0) is 15.0. The van der Waals surface area contributed by atoms with E-state index in [1.54, 1.807) is 0 Å². The van der Waals surface area contributed by atoms with E-state index in [0.717, 1.165) is 25.9 Å². The minimum Gasteiger partial charge on any atom is -0.336 e. The quantitative estimate of drug-likeness (QED) is 0.926. The molecular formula is C18H26N2O. The highest BCUT2D eigenvalue weighted by Gasteiger charge is 2.54. The average molecular weight is 286 g/mol. The smallest absolute Gasteiger partial charge is 0.233 e. The summed E-state index contributed by atoms with van der Waals surface area (Å²) in [6.45, 7) is 8.33. The SMILES string of the molecule is CC1CN(C(=O)C2(c3ccccc3)CC2)C(C(C)C)CN1. The summed E-state index contributed by atoms with van der Waals surface area (Å²) in [6, 6.07) is 11.0. The Morgan fingerprint density at radius 3 is 2.52 bits per heavy atom. The zero-order valence-electron chi connectivity index (χ0n) is 13.3. The maximum Gasteiger partial charge on any atom is 0.233 e. The number of carbonyl (C=O) groups is 1. The van der Waals surface area contributed by atoms with Crippen molar-refractivity contribution in [3.8, 4) is 0 Å². The molecule has 0 radical (unpaired) electrons. The maximum absolute atomic E-state index is 13.2. The Labute approximate surface area is 127 Å². The molecule has 2 fully saturated rings. The van der Waals surface area contributed by atoms with Gasteiger partial charge in [0.25, 0.3) is 0 Å². The highest BCUT2D eigenvalue weighted by atomic mass is 16.2. The molecule has 1 aliphatic heterocycles. The van der Waals surface area contributed by atoms with Gasteiger partial charge in [0.15, 0.2) is 0 Å². The summed E-state index contributed by atoms with van der Waals surface area (Å²) in [5, 5.41) is 3.52. The first-order valence-corrected chi connectivity index (χ1v) is 8.14. The van der Waals surface area contributed by atoms with E-state index in [9.17, 15) is 4.79 Å². The summed E-state index contributed by atoms with van der Waals surface area (Å²) in [6.07, 6.45) is 2.00. The number of amides is 1. The second-order valence-corrected chi connectivity index (χ2v) is 7.03. The second-order valence-electron chi connectivity index (χ2n) is 7.03. The van der Waals surface area contributed by atoms with Crippen LogP contribution in [0, 0.1) is 5.92 Å². The van der Waals surface area contributed by atoms with Crippen LogP contribution in [-0.2, 0) is 10.2 Å².